The summed E-state index contributed by atoms with van der Waals surface area (Å²) in [5.41, 5.74) is 0. The van der Waals surface area contributed by atoms with Crippen LogP contribution in [0.3, 0.4) is 0 Å². The second kappa shape index (κ2) is 2.96. The summed E-state index contributed by atoms with van der Waals surface area (Å²) in [5.74, 6) is -0.465. The van der Waals surface area contributed by atoms with Crippen molar-refractivity contribution >= 4 is 0 Å². The molecule has 0 aromatic heterocycles. The Hall–Kier alpha value is -0.640. The molecule has 0 N–H and O–H groups in total. The summed E-state index contributed by atoms with van der Waals surface area (Å²) < 4.78 is 24.6. The SMILES string of the molecule is C=C(F)N1CCN(F)CC1. The average Bonchev–Trinajstić information content (AvgIpc) is 1.88. The van der Waals surface area contributed by atoms with Gasteiger partial charge in [-0.25, -0.2) is 0 Å². The minimum atomic E-state index is -0.465. The predicted molar refractivity (Wildman–Crippen MR) is 34.5 cm³/mol. The Kier molecular flexibility index (Phi) is 2.21. The first-order valence-electron chi connectivity index (χ1n) is 3.20. The van der Waals surface area contributed by atoms with Gasteiger partial charge in [0.25, 0.3) is 0 Å². The van der Waals surface area contributed by atoms with Crippen molar-refractivity contribution < 1.29 is 8.87 Å². The van der Waals surface area contributed by atoms with Gasteiger partial charge in [0.05, 0.1) is 0 Å². The quantitative estimate of drug-likeness (QED) is 0.403. The monoisotopic (exact) mass is 148 g/mol. The van der Waals surface area contributed by atoms with Crippen LogP contribution >= 0.6 is 0 Å². The van der Waals surface area contributed by atoms with E-state index in [1.165, 1.54) is 4.90 Å². The van der Waals surface area contributed by atoms with E-state index in [2.05, 4.69) is 6.58 Å². The third-order valence-corrected chi connectivity index (χ3v) is 1.57. The Bertz CT molecular complexity index is 130. The van der Waals surface area contributed by atoms with Gasteiger partial charge in [0, 0.05) is 26.2 Å². The fourth-order valence-corrected chi connectivity index (χ4v) is 0.925. The largest absolute Gasteiger partial charge is 0.346 e. The van der Waals surface area contributed by atoms with Gasteiger partial charge < -0.3 is 4.90 Å². The molecular formula is C6H10F2N2. The highest BCUT2D eigenvalue weighted by Crippen LogP contribution is 2.07. The molecule has 10 heavy (non-hydrogen) atoms. The van der Waals surface area contributed by atoms with Crippen molar-refractivity contribution in [3.8, 4) is 0 Å². The molecule has 0 aromatic rings. The van der Waals surface area contributed by atoms with Crippen molar-refractivity contribution in [2.24, 2.45) is 0 Å². The summed E-state index contributed by atoms with van der Waals surface area (Å²) in [4.78, 5) is 1.43. The molecule has 2 nitrogen and oxygen atoms in total. The van der Waals surface area contributed by atoms with Crippen LogP contribution in [0.4, 0.5) is 8.87 Å². The van der Waals surface area contributed by atoms with Gasteiger partial charge in [0.2, 0.25) is 0 Å². The summed E-state index contributed by atoms with van der Waals surface area (Å²) in [6.45, 7) is 4.45. The molecule has 0 saturated carbocycles. The molecule has 4 heteroatoms. The van der Waals surface area contributed by atoms with Crippen molar-refractivity contribution in [2.75, 3.05) is 26.2 Å². The van der Waals surface area contributed by atoms with Crippen LogP contribution in [0.25, 0.3) is 0 Å². The first-order chi connectivity index (χ1) is 4.70. The van der Waals surface area contributed by atoms with Crippen molar-refractivity contribution in [1.82, 2.24) is 10.0 Å². The zero-order valence-corrected chi connectivity index (χ0v) is 5.69. The number of hydrogen-bond donors (Lipinski definition) is 0. The van der Waals surface area contributed by atoms with E-state index in [0.717, 1.165) is 0 Å². The summed E-state index contributed by atoms with van der Waals surface area (Å²) in [5, 5.41) is 0.680. The molecule has 0 spiro atoms. The molecule has 0 bridgehead atoms. The summed E-state index contributed by atoms with van der Waals surface area (Å²) in [7, 11) is 0. The van der Waals surface area contributed by atoms with E-state index in [4.69, 9.17) is 0 Å². The third-order valence-electron chi connectivity index (χ3n) is 1.57. The maximum Gasteiger partial charge on any atom is 0.182 e. The van der Waals surface area contributed by atoms with Gasteiger partial charge in [-0.15, -0.1) is 9.60 Å². The van der Waals surface area contributed by atoms with E-state index in [0.29, 0.717) is 18.2 Å². The lowest BCUT2D eigenvalue weighted by molar-refractivity contribution is -0.0183. The molecule has 1 saturated heterocycles. The van der Waals surface area contributed by atoms with E-state index in [9.17, 15) is 8.87 Å². The van der Waals surface area contributed by atoms with Crippen molar-refractivity contribution in [1.29, 1.82) is 0 Å². The van der Waals surface area contributed by atoms with Crippen LogP contribution in [-0.2, 0) is 0 Å². The zero-order chi connectivity index (χ0) is 7.56. The van der Waals surface area contributed by atoms with Gasteiger partial charge in [-0.2, -0.15) is 4.39 Å². The lowest BCUT2D eigenvalue weighted by Crippen LogP contribution is -2.41. The topological polar surface area (TPSA) is 6.48 Å². The molecule has 1 aliphatic rings. The van der Waals surface area contributed by atoms with E-state index >= 15 is 0 Å². The van der Waals surface area contributed by atoms with Crippen LogP contribution in [0.5, 0.6) is 0 Å². The van der Waals surface area contributed by atoms with Crippen molar-refractivity contribution in [3.63, 3.8) is 0 Å². The Morgan fingerprint density at radius 3 is 2.10 bits per heavy atom. The maximum absolute atomic E-state index is 12.3. The Labute approximate surface area is 58.7 Å². The highest BCUT2D eigenvalue weighted by atomic mass is 19.2. The summed E-state index contributed by atoms with van der Waals surface area (Å²) >= 11 is 0. The lowest BCUT2D eigenvalue weighted by Gasteiger charge is -2.29. The zero-order valence-electron chi connectivity index (χ0n) is 5.69. The lowest BCUT2D eigenvalue weighted by atomic mass is 10.4. The molecule has 1 aliphatic heterocycles. The standard InChI is InChI=1S/C6H10F2N2/c1-6(7)9-2-4-10(8)5-3-9/h1-5H2. The molecule has 1 fully saturated rings. The van der Waals surface area contributed by atoms with Crippen LogP contribution in [-0.4, -0.2) is 36.2 Å². The second-order valence-corrected chi connectivity index (χ2v) is 2.27. The molecular weight excluding hydrogens is 138 g/mol. The molecule has 0 unspecified atom stereocenters. The first-order valence-corrected chi connectivity index (χ1v) is 3.20. The van der Waals surface area contributed by atoms with Crippen LogP contribution < -0.4 is 0 Å². The number of rotatable bonds is 1. The highest BCUT2D eigenvalue weighted by Gasteiger charge is 2.16. The van der Waals surface area contributed by atoms with E-state index in [1.54, 1.807) is 0 Å². The van der Waals surface area contributed by atoms with E-state index < -0.39 is 5.95 Å². The number of hydrogen-bond acceptors (Lipinski definition) is 2. The minimum Gasteiger partial charge on any atom is -0.346 e. The number of piperazine rings is 1. The van der Waals surface area contributed by atoms with Crippen LogP contribution in [0.2, 0.25) is 0 Å². The van der Waals surface area contributed by atoms with Crippen LogP contribution in [0.1, 0.15) is 0 Å². The minimum absolute atomic E-state index is 0.267. The summed E-state index contributed by atoms with van der Waals surface area (Å²) in [6.07, 6.45) is 0. The molecule has 0 atom stereocenters. The van der Waals surface area contributed by atoms with Gasteiger partial charge in [-0.3, -0.25) is 0 Å². The predicted octanol–water partition coefficient (Wildman–Crippen LogP) is 0.929. The molecule has 1 rings (SSSR count). The van der Waals surface area contributed by atoms with Crippen LogP contribution in [0, 0.1) is 0 Å². The third kappa shape index (κ3) is 1.67. The van der Waals surface area contributed by atoms with Crippen molar-refractivity contribution in [3.05, 3.63) is 12.5 Å². The fraction of sp³-hybridized carbons (Fsp3) is 0.667. The Morgan fingerprint density at radius 1 is 1.20 bits per heavy atom. The Balaban J connectivity index is 2.33. The summed E-state index contributed by atoms with van der Waals surface area (Å²) in [6, 6.07) is 0. The number of nitrogens with zero attached hydrogens (tertiary/aromatic N) is 2. The Morgan fingerprint density at radius 2 is 1.70 bits per heavy atom. The fourth-order valence-electron chi connectivity index (χ4n) is 0.925. The molecule has 58 valence electrons. The highest BCUT2D eigenvalue weighted by molar-refractivity contribution is 4.84. The van der Waals surface area contributed by atoms with E-state index in [1.807, 2.05) is 0 Å². The van der Waals surface area contributed by atoms with Crippen LogP contribution in [0.15, 0.2) is 12.5 Å². The normalized spacial score (nSPS) is 21.2. The molecule has 0 radical (unpaired) electrons. The van der Waals surface area contributed by atoms with Gasteiger partial charge in [-0.1, -0.05) is 0 Å². The number of halogens is 2. The molecule has 0 amide bonds. The first kappa shape index (κ1) is 7.47. The van der Waals surface area contributed by atoms with Gasteiger partial charge in [0.15, 0.2) is 5.95 Å². The van der Waals surface area contributed by atoms with Gasteiger partial charge in [0.1, 0.15) is 0 Å². The maximum atomic E-state index is 12.3. The smallest absolute Gasteiger partial charge is 0.182 e. The van der Waals surface area contributed by atoms with Gasteiger partial charge >= 0.3 is 0 Å². The average molecular weight is 148 g/mol. The van der Waals surface area contributed by atoms with Gasteiger partial charge in [-0.05, 0) is 6.58 Å². The second-order valence-electron chi connectivity index (χ2n) is 2.27. The molecule has 0 aromatic carbocycles. The molecule has 0 aliphatic carbocycles. The van der Waals surface area contributed by atoms with E-state index in [-0.39, 0.29) is 13.1 Å². The van der Waals surface area contributed by atoms with Crippen molar-refractivity contribution in [2.45, 2.75) is 0 Å². The molecule has 1 heterocycles.